The normalized spacial score (nSPS) is 21.2. The average Bonchev–Trinajstić information content (AvgIpc) is 3.32. The Hall–Kier alpha value is -1.41. The van der Waals surface area contributed by atoms with E-state index in [4.69, 9.17) is 21.1 Å². The van der Waals surface area contributed by atoms with Gasteiger partial charge in [0.05, 0.1) is 5.69 Å². The van der Waals surface area contributed by atoms with E-state index in [1.165, 1.54) is 25.7 Å². The number of hydrogen-bond donors (Lipinski definition) is 2. The zero-order valence-electron chi connectivity index (χ0n) is 20.2. The number of carbonyl (C=O) groups excluding carboxylic acids is 1. The second-order valence-electron chi connectivity index (χ2n) is 9.48. The lowest BCUT2D eigenvalue weighted by molar-refractivity contribution is -0.0191. The van der Waals surface area contributed by atoms with E-state index < -0.39 is 0 Å². The minimum Gasteiger partial charge on any atom is -0.385 e. The summed E-state index contributed by atoms with van der Waals surface area (Å²) in [5.74, 6) is 0.909. The van der Waals surface area contributed by atoms with E-state index in [1.54, 1.807) is 19.4 Å². The molecule has 0 unspecified atom stereocenters. The second-order valence-corrected chi connectivity index (χ2v) is 9.91. The lowest BCUT2D eigenvalue weighted by Gasteiger charge is -2.37. The molecular formula is C25H41ClN4O3. The van der Waals surface area contributed by atoms with Crippen LogP contribution in [0.4, 0.5) is 4.79 Å². The summed E-state index contributed by atoms with van der Waals surface area (Å²) in [6, 6.07) is 3.86. The van der Waals surface area contributed by atoms with Gasteiger partial charge in [-0.1, -0.05) is 37.3 Å². The number of nitrogens with zero attached hydrogens (tertiary/aromatic N) is 2. The lowest BCUT2D eigenvalue weighted by Crippen LogP contribution is -2.51. The largest absolute Gasteiger partial charge is 0.385 e. The van der Waals surface area contributed by atoms with Crippen molar-refractivity contribution >= 4 is 17.6 Å². The zero-order chi connectivity index (χ0) is 23.5. The number of hydrogen-bond acceptors (Lipinski definition) is 5. The number of halogens is 1. The van der Waals surface area contributed by atoms with Crippen molar-refractivity contribution in [2.45, 2.75) is 63.5 Å². The smallest absolute Gasteiger partial charge is 0.317 e. The molecule has 1 aromatic heterocycles. The van der Waals surface area contributed by atoms with Crippen LogP contribution in [0.25, 0.3) is 0 Å². The number of nitrogens with one attached hydrogen (secondary N) is 2. The summed E-state index contributed by atoms with van der Waals surface area (Å²) in [7, 11) is 3.65. The quantitative estimate of drug-likeness (QED) is 0.433. The van der Waals surface area contributed by atoms with Crippen LogP contribution in [0.15, 0.2) is 18.3 Å². The Morgan fingerprint density at radius 3 is 2.82 bits per heavy atom. The van der Waals surface area contributed by atoms with Crippen molar-refractivity contribution in [2.24, 2.45) is 11.8 Å². The van der Waals surface area contributed by atoms with Gasteiger partial charge >= 0.3 is 6.03 Å². The number of rotatable bonds is 12. The summed E-state index contributed by atoms with van der Waals surface area (Å²) < 4.78 is 11.5. The maximum absolute atomic E-state index is 13.2. The summed E-state index contributed by atoms with van der Waals surface area (Å²) in [5, 5.41) is 7.22. The highest BCUT2D eigenvalue weighted by molar-refractivity contribution is 6.30. The van der Waals surface area contributed by atoms with Crippen molar-refractivity contribution in [1.29, 1.82) is 0 Å². The van der Waals surface area contributed by atoms with Crippen LogP contribution in [0.2, 0.25) is 5.02 Å². The molecule has 2 aliphatic rings. The molecule has 1 aliphatic carbocycles. The van der Waals surface area contributed by atoms with Crippen molar-refractivity contribution in [1.82, 2.24) is 20.5 Å². The Bertz CT molecular complexity index is 717. The fourth-order valence-corrected chi connectivity index (χ4v) is 5.42. The molecule has 1 saturated carbocycles. The molecule has 0 radical (unpaired) electrons. The predicted octanol–water partition coefficient (Wildman–Crippen LogP) is 4.42. The fourth-order valence-electron chi connectivity index (χ4n) is 5.25. The molecule has 0 bridgehead atoms. The van der Waals surface area contributed by atoms with Crippen LogP contribution in [-0.2, 0) is 9.47 Å². The highest BCUT2D eigenvalue weighted by Gasteiger charge is 2.33. The van der Waals surface area contributed by atoms with Crippen molar-refractivity contribution < 1.29 is 14.3 Å². The van der Waals surface area contributed by atoms with E-state index in [-0.39, 0.29) is 24.1 Å². The third-order valence-corrected chi connectivity index (χ3v) is 7.10. The first-order valence-electron chi connectivity index (χ1n) is 12.5. The zero-order valence-corrected chi connectivity index (χ0v) is 21.0. The molecule has 0 aromatic carbocycles. The van der Waals surface area contributed by atoms with Gasteiger partial charge in [0.25, 0.3) is 0 Å². The number of carbonyl (C=O) groups is 1. The van der Waals surface area contributed by atoms with Crippen molar-refractivity contribution in [3.8, 4) is 0 Å². The Balaban J connectivity index is 1.62. The molecule has 1 aliphatic heterocycles. The van der Waals surface area contributed by atoms with Gasteiger partial charge in [0.15, 0.2) is 0 Å². The van der Waals surface area contributed by atoms with E-state index in [2.05, 4.69) is 15.6 Å². The maximum atomic E-state index is 13.2. The third-order valence-electron chi connectivity index (χ3n) is 6.87. The number of urea groups is 1. The topological polar surface area (TPSA) is 75.7 Å². The molecule has 2 fully saturated rings. The van der Waals surface area contributed by atoms with Crippen molar-refractivity contribution in [3.05, 3.63) is 29.0 Å². The van der Waals surface area contributed by atoms with Gasteiger partial charge in [0.1, 0.15) is 6.10 Å². The number of amides is 2. The molecule has 2 amide bonds. The molecule has 33 heavy (non-hydrogen) atoms. The molecule has 7 nitrogen and oxygen atoms in total. The Morgan fingerprint density at radius 2 is 2.09 bits per heavy atom. The lowest BCUT2D eigenvalue weighted by atomic mass is 9.90. The van der Waals surface area contributed by atoms with Crippen LogP contribution in [0, 0.1) is 11.8 Å². The Labute approximate surface area is 203 Å². The molecular weight excluding hydrogens is 440 g/mol. The highest BCUT2D eigenvalue weighted by atomic mass is 35.5. The monoisotopic (exact) mass is 480 g/mol. The molecule has 0 spiro atoms. The number of ether oxygens (including phenoxy) is 2. The molecule has 2 N–H and O–H groups in total. The Morgan fingerprint density at radius 1 is 1.27 bits per heavy atom. The molecule has 2 heterocycles. The van der Waals surface area contributed by atoms with Crippen molar-refractivity contribution in [3.63, 3.8) is 0 Å². The van der Waals surface area contributed by atoms with Gasteiger partial charge in [0, 0.05) is 63.1 Å². The average molecular weight is 481 g/mol. The van der Waals surface area contributed by atoms with Crippen LogP contribution < -0.4 is 10.6 Å². The van der Waals surface area contributed by atoms with Crippen LogP contribution in [0.1, 0.15) is 63.2 Å². The highest BCUT2D eigenvalue weighted by Crippen LogP contribution is 2.33. The van der Waals surface area contributed by atoms with Gasteiger partial charge < -0.3 is 25.0 Å². The van der Waals surface area contributed by atoms with Gasteiger partial charge in [-0.3, -0.25) is 4.98 Å². The Kier molecular flexibility index (Phi) is 11.2. The molecule has 8 heteroatoms. The van der Waals surface area contributed by atoms with Gasteiger partial charge in [-0.15, -0.1) is 0 Å². The second kappa shape index (κ2) is 14.1. The number of pyridine rings is 1. The first-order valence-corrected chi connectivity index (χ1v) is 12.9. The molecule has 1 saturated heterocycles. The first-order chi connectivity index (χ1) is 16.1. The third kappa shape index (κ3) is 8.39. The van der Waals surface area contributed by atoms with E-state index in [9.17, 15) is 4.79 Å². The summed E-state index contributed by atoms with van der Waals surface area (Å²) in [4.78, 5) is 19.7. The van der Waals surface area contributed by atoms with Gasteiger partial charge in [0.2, 0.25) is 0 Å². The number of piperidine rings is 1. The van der Waals surface area contributed by atoms with E-state index >= 15 is 0 Å². The summed E-state index contributed by atoms with van der Waals surface area (Å²) in [6.45, 7) is 3.48. The summed E-state index contributed by atoms with van der Waals surface area (Å²) in [6.07, 6.45) is 10.6. The molecule has 3 atom stereocenters. The molecule has 1 aromatic rings. The number of likely N-dealkylation sites (tertiary alicyclic amines) is 1. The predicted molar refractivity (Wildman–Crippen MR) is 132 cm³/mol. The van der Waals surface area contributed by atoms with Gasteiger partial charge in [-0.25, -0.2) is 4.79 Å². The van der Waals surface area contributed by atoms with E-state index in [1.807, 2.05) is 18.0 Å². The maximum Gasteiger partial charge on any atom is 0.317 e. The standard InChI is InChI=1S/C25H41ClN4O3/c1-27-17-22(15-19-7-3-4-8-19)29-25(31)30-12-5-9-20(18-30)24(33-14-6-13-32-2)23-16-21(26)10-11-28-23/h10-11,16,19-20,22,24,27H,3-9,12-15,17-18H2,1-2H3,(H,29,31)/t20-,22+,24-/m1/s1. The minimum atomic E-state index is -0.192. The SMILES string of the molecule is CNC[C@H](CC1CCCC1)NC(=O)N1CCC[C@@H]([C@@H](OCCCOC)c2cc(Cl)ccn2)C1. The van der Waals surface area contributed by atoms with Gasteiger partial charge in [-0.2, -0.15) is 0 Å². The van der Waals surface area contributed by atoms with Crippen LogP contribution >= 0.6 is 11.6 Å². The number of methoxy groups -OCH3 is 1. The van der Waals surface area contributed by atoms with Crippen LogP contribution in [-0.4, -0.2) is 69.0 Å². The molecule has 186 valence electrons. The number of likely N-dealkylation sites (N-methyl/N-ethyl adjacent to an activating group) is 1. The molecule has 3 rings (SSSR count). The van der Waals surface area contributed by atoms with Crippen LogP contribution in [0.5, 0.6) is 0 Å². The number of aromatic nitrogens is 1. The first kappa shape index (κ1) is 26.2. The minimum absolute atomic E-state index is 0.0372. The van der Waals surface area contributed by atoms with Crippen molar-refractivity contribution in [2.75, 3.05) is 47.0 Å². The summed E-state index contributed by atoms with van der Waals surface area (Å²) >= 11 is 6.25. The van der Waals surface area contributed by atoms with Gasteiger partial charge in [-0.05, 0) is 50.8 Å². The van der Waals surface area contributed by atoms with E-state index in [0.29, 0.717) is 24.8 Å². The van der Waals surface area contributed by atoms with E-state index in [0.717, 1.165) is 50.4 Å². The van der Waals surface area contributed by atoms with Crippen LogP contribution in [0.3, 0.4) is 0 Å². The summed E-state index contributed by atoms with van der Waals surface area (Å²) in [5.41, 5.74) is 0.835. The fraction of sp³-hybridized carbons (Fsp3) is 0.760.